The fourth-order valence-electron chi connectivity index (χ4n) is 2.77. The standard InChI is InChI=1S/C18H19NO4/c1-22-16-8-7-13-10-19-15(18(20)21)9-14(13)17(16)23-11-12-5-3-2-4-6-12/h2-8,15,19H,9-11H2,1H3,(H,20,21). The monoisotopic (exact) mass is 313 g/mol. The number of rotatable bonds is 5. The molecule has 2 aromatic rings. The molecule has 3 rings (SSSR count). The summed E-state index contributed by atoms with van der Waals surface area (Å²) in [7, 11) is 1.59. The molecule has 0 bridgehead atoms. The summed E-state index contributed by atoms with van der Waals surface area (Å²) in [5.41, 5.74) is 3.01. The molecule has 5 heteroatoms. The van der Waals surface area contributed by atoms with Crippen molar-refractivity contribution in [2.75, 3.05) is 7.11 Å². The molecular formula is C18H19NO4. The molecule has 1 atom stereocenters. The molecular weight excluding hydrogens is 294 g/mol. The van der Waals surface area contributed by atoms with Gasteiger partial charge in [0.1, 0.15) is 12.6 Å². The van der Waals surface area contributed by atoms with Gasteiger partial charge in [0.15, 0.2) is 11.5 Å². The van der Waals surface area contributed by atoms with Crippen LogP contribution in [0, 0.1) is 0 Å². The highest BCUT2D eigenvalue weighted by Crippen LogP contribution is 2.36. The second-order valence-electron chi connectivity index (χ2n) is 5.48. The molecule has 5 nitrogen and oxygen atoms in total. The van der Waals surface area contributed by atoms with Crippen LogP contribution in [0.15, 0.2) is 42.5 Å². The Kier molecular flexibility index (Phi) is 4.48. The lowest BCUT2D eigenvalue weighted by atomic mass is 9.94. The summed E-state index contributed by atoms with van der Waals surface area (Å²) in [6.07, 6.45) is 0.381. The van der Waals surface area contributed by atoms with Gasteiger partial charge in [-0.15, -0.1) is 0 Å². The number of hydrogen-bond donors (Lipinski definition) is 2. The van der Waals surface area contributed by atoms with Crippen LogP contribution in [-0.2, 0) is 24.4 Å². The summed E-state index contributed by atoms with van der Waals surface area (Å²) in [4.78, 5) is 11.3. The first kappa shape index (κ1) is 15.4. The number of hydrogen-bond acceptors (Lipinski definition) is 4. The third-order valence-electron chi connectivity index (χ3n) is 4.01. The zero-order valence-corrected chi connectivity index (χ0v) is 12.9. The van der Waals surface area contributed by atoms with Gasteiger partial charge in [0.05, 0.1) is 7.11 Å². The van der Waals surface area contributed by atoms with Crippen LogP contribution in [0.2, 0.25) is 0 Å². The number of benzene rings is 2. The third-order valence-corrected chi connectivity index (χ3v) is 4.01. The zero-order chi connectivity index (χ0) is 16.2. The molecule has 0 aromatic heterocycles. The first-order valence-corrected chi connectivity index (χ1v) is 7.50. The lowest BCUT2D eigenvalue weighted by Crippen LogP contribution is -2.41. The maximum absolute atomic E-state index is 11.3. The largest absolute Gasteiger partial charge is 0.493 e. The van der Waals surface area contributed by atoms with Crippen LogP contribution in [0.3, 0.4) is 0 Å². The maximum atomic E-state index is 11.3. The van der Waals surface area contributed by atoms with Crippen molar-refractivity contribution >= 4 is 5.97 Å². The maximum Gasteiger partial charge on any atom is 0.321 e. The van der Waals surface area contributed by atoms with Crippen LogP contribution in [0.5, 0.6) is 11.5 Å². The Balaban J connectivity index is 1.89. The number of nitrogens with one attached hydrogen (secondary N) is 1. The minimum absolute atomic E-state index is 0.381. The van der Waals surface area contributed by atoms with E-state index in [1.165, 1.54) is 0 Å². The molecule has 0 saturated heterocycles. The smallest absolute Gasteiger partial charge is 0.321 e. The highest BCUT2D eigenvalue weighted by molar-refractivity contribution is 5.75. The molecule has 2 aromatic carbocycles. The molecule has 0 fully saturated rings. The van der Waals surface area contributed by atoms with Gasteiger partial charge in [0.2, 0.25) is 0 Å². The van der Waals surface area contributed by atoms with Crippen molar-refractivity contribution in [2.24, 2.45) is 0 Å². The van der Waals surface area contributed by atoms with Crippen LogP contribution < -0.4 is 14.8 Å². The molecule has 0 radical (unpaired) electrons. The average Bonchev–Trinajstić information content (AvgIpc) is 2.59. The van der Waals surface area contributed by atoms with Crippen molar-refractivity contribution < 1.29 is 19.4 Å². The van der Waals surface area contributed by atoms with E-state index < -0.39 is 12.0 Å². The summed E-state index contributed by atoms with van der Waals surface area (Å²) < 4.78 is 11.4. The van der Waals surface area contributed by atoms with Gasteiger partial charge in [-0.25, -0.2) is 0 Å². The fourth-order valence-corrected chi connectivity index (χ4v) is 2.77. The Morgan fingerprint density at radius 1 is 1.26 bits per heavy atom. The van der Waals surface area contributed by atoms with Crippen LogP contribution in [0.4, 0.5) is 0 Å². The Morgan fingerprint density at radius 2 is 2.04 bits per heavy atom. The van der Waals surface area contributed by atoms with Crippen LogP contribution in [0.1, 0.15) is 16.7 Å². The predicted octanol–water partition coefficient (Wildman–Crippen LogP) is 2.37. The quantitative estimate of drug-likeness (QED) is 0.887. The van der Waals surface area contributed by atoms with E-state index >= 15 is 0 Å². The number of carboxylic acids is 1. The van der Waals surface area contributed by atoms with Gasteiger partial charge in [-0.2, -0.15) is 0 Å². The van der Waals surface area contributed by atoms with E-state index in [9.17, 15) is 9.90 Å². The molecule has 1 heterocycles. The summed E-state index contributed by atoms with van der Waals surface area (Å²) in [6.45, 7) is 0.927. The third kappa shape index (κ3) is 3.29. The Morgan fingerprint density at radius 3 is 2.74 bits per heavy atom. The van der Waals surface area contributed by atoms with Crippen LogP contribution in [-0.4, -0.2) is 24.2 Å². The predicted molar refractivity (Wildman–Crippen MR) is 85.7 cm³/mol. The molecule has 120 valence electrons. The van der Waals surface area contributed by atoms with E-state index in [2.05, 4.69) is 5.32 Å². The van der Waals surface area contributed by atoms with Crippen molar-refractivity contribution in [2.45, 2.75) is 25.6 Å². The summed E-state index contributed by atoms with van der Waals surface area (Å²) in [5.74, 6) is 0.416. The molecule has 0 amide bonds. The molecule has 1 aliphatic heterocycles. The summed E-state index contributed by atoms with van der Waals surface area (Å²) >= 11 is 0. The molecule has 1 aliphatic rings. The number of fused-ring (bicyclic) bond motifs is 1. The lowest BCUT2D eigenvalue weighted by Gasteiger charge is -2.26. The highest BCUT2D eigenvalue weighted by atomic mass is 16.5. The van der Waals surface area contributed by atoms with E-state index in [-0.39, 0.29) is 0 Å². The zero-order valence-electron chi connectivity index (χ0n) is 12.9. The number of aliphatic carboxylic acids is 1. The Labute approximate surface area is 134 Å². The topological polar surface area (TPSA) is 67.8 Å². The van der Waals surface area contributed by atoms with E-state index in [0.29, 0.717) is 31.1 Å². The van der Waals surface area contributed by atoms with Crippen molar-refractivity contribution in [3.63, 3.8) is 0 Å². The molecule has 1 unspecified atom stereocenters. The summed E-state index contributed by atoms with van der Waals surface area (Å²) in [5, 5.41) is 12.3. The SMILES string of the molecule is COc1ccc2c(c1OCc1ccccc1)CC(C(=O)O)NC2. The average molecular weight is 313 g/mol. The number of carboxylic acid groups (broad SMARTS) is 1. The normalized spacial score (nSPS) is 16.5. The molecule has 0 spiro atoms. The molecule has 0 aliphatic carbocycles. The Hall–Kier alpha value is -2.53. The van der Waals surface area contributed by atoms with Crippen molar-refractivity contribution in [3.05, 3.63) is 59.2 Å². The number of carbonyl (C=O) groups is 1. The van der Waals surface area contributed by atoms with Gasteiger partial charge >= 0.3 is 5.97 Å². The van der Waals surface area contributed by atoms with Gasteiger partial charge in [0.25, 0.3) is 0 Å². The molecule has 23 heavy (non-hydrogen) atoms. The summed E-state index contributed by atoms with van der Waals surface area (Å²) in [6, 6.07) is 13.1. The first-order chi connectivity index (χ1) is 11.2. The van der Waals surface area contributed by atoms with E-state index in [1.807, 2.05) is 42.5 Å². The molecule has 0 saturated carbocycles. The van der Waals surface area contributed by atoms with E-state index in [4.69, 9.17) is 9.47 Å². The van der Waals surface area contributed by atoms with E-state index in [0.717, 1.165) is 16.7 Å². The van der Waals surface area contributed by atoms with Crippen LogP contribution >= 0.6 is 0 Å². The number of ether oxygens (including phenoxy) is 2. The molecule has 2 N–H and O–H groups in total. The Bertz CT molecular complexity index is 700. The van der Waals surface area contributed by atoms with Gasteiger partial charge < -0.3 is 19.9 Å². The second-order valence-corrected chi connectivity index (χ2v) is 5.48. The van der Waals surface area contributed by atoms with Crippen molar-refractivity contribution in [3.8, 4) is 11.5 Å². The van der Waals surface area contributed by atoms with Crippen LogP contribution in [0.25, 0.3) is 0 Å². The lowest BCUT2D eigenvalue weighted by molar-refractivity contribution is -0.139. The van der Waals surface area contributed by atoms with Crippen molar-refractivity contribution in [1.29, 1.82) is 0 Å². The van der Waals surface area contributed by atoms with E-state index in [1.54, 1.807) is 7.11 Å². The first-order valence-electron chi connectivity index (χ1n) is 7.50. The van der Waals surface area contributed by atoms with Gasteiger partial charge in [-0.05, 0) is 17.2 Å². The second kappa shape index (κ2) is 6.71. The van der Waals surface area contributed by atoms with Gasteiger partial charge in [0, 0.05) is 18.5 Å². The van der Waals surface area contributed by atoms with Gasteiger partial charge in [-0.3, -0.25) is 4.79 Å². The highest BCUT2D eigenvalue weighted by Gasteiger charge is 2.27. The fraction of sp³-hybridized carbons (Fsp3) is 0.278. The van der Waals surface area contributed by atoms with Crippen molar-refractivity contribution in [1.82, 2.24) is 5.32 Å². The minimum atomic E-state index is -0.854. The minimum Gasteiger partial charge on any atom is -0.493 e. The number of methoxy groups -OCH3 is 1. The van der Waals surface area contributed by atoms with Gasteiger partial charge in [-0.1, -0.05) is 36.4 Å².